The summed E-state index contributed by atoms with van der Waals surface area (Å²) in [5, 5.41) is 2.69. The van der Waals surface area contributed by atoms with Gasteiger partial charge in [-0.05, 0) is 48.7 Å². The first-order valence-corrected chi connectivity index (χ1v) is 10.5. The normalized spacial score (nSPS) is 13.7. The molecule has 3 rings (SSSR count). The van der Waals surface area contributed by atoms with Crippen LogP contribution < -0.4 is 10.2 Å². The van der Waals surface area contributed by atoms with Crippen molar-refractivity contribution in [3.8, 4) is 0 Å². The summed E-state index contributed by atoms with van der Waals surface area (Å²) >= 11 is 0. The third-order valence-corrected chi connectivity index (χ3v) is 6.28. The van der Waals surface area contributed by atoms with E-state index in [2.05, 4.69) is 5.32 Å². The lowest BCUT2D eigenvalue weighted by molar-refractivity contribution is -0.117. The van der Waals surface area contributed by atoms with Crippen LogP contribution in [0, 0.1) is 0 Å². The standard InChI is InChI=1S/C20H22N2O4S/c1-15(23)22-12-5-6-16-14-18(9-10-19(16)22)27(25,26)13-11-20(24)21-17-7-3-2-4-8-17/h2-4,7-10,14H,5-6,11-13H2,1H3,(H,21,24). The van der Waals surface area contributed by atoms with Crippen LogP contribution >= 0.6 is 0 Å². The Kier molecular flexibility index (Phi) is 5.60. The van der Waals surface area contributed by atoms with Crippen molar-refractivity contribution in [1.29, 1.82) is 0 Å². The number of aryl methyl sites for hydroxylation is 1. The molecule has 2 amide bonds. The second-order valence-corrected chi connectivity index (χ2v) is 8.66. The van der Waals surface area contributed by atoms with Gasteiger partial charge in [0.2, 0.25) is 11.8 Å². The van der Waals surface area contributed by atoms with E-state index >= 15 is 0 Å². The van der Waals surface area contributed by atoms with Gasteiger partial charge in [-0.25, -0.2) is 8.42 Å². The van der Waals surface area contributed by atoms with Gasteiger partial charge >= 0.3 is 0 Å². The van der Waals surface area contributed by atoms with Crippen molar-refractivity contribution < 1.29 is 18.0 Å². The van der Waals surface area contributed by atoms with Crippen molar-refractivity contribution in [3.63, 3.8) is 0 Å². The van der Waals surface area contributed by atoms with Gasteiger partial charge in [0.1, 0.15) is 0 Å². The van der Waals surface area contributed by atoms with Crippen LogP contribution in [-0.4, -0.2) is 32.5 Å². The van der Waals surface area contributed by atoms with Gasteiger partial charge in [-0.1, -0.05) is 18.2 Å². The van der Waals surface area contributed by atoms with Gasteiger partial charge in [-0.2, -0.15) is 0 Å². The van der Waals surface area contributed by atoms with Crippen LogP contribution in [0.25, 0.3) is 0 Å². The number of hydrogen-bond acceptors (Lipinski definition) is 4. The number of anilines is 2. The Balaban J connectivity index is 1.70. The third-order valence-electron chi connectivity index (χ3n) is 4.56. The van der Waals surface area contributed by atoms with E-state index in [1.807, 2.05) is 6.07 Å². The van der Waals surface area contributed by atoms with Crippen LogP contribution in [-0.2, 0) is 25.8 Å². The van der Waals surface area contributed by atoms with E-state index in [0.29, 0.717) is 12.2 Å². The number of nitrogens with zero attached hydrogens (tertiary/aromatic N) is 1. The number of amides is 2. The largest absolute Gasteiger partial charge is 0.326 e. The second-order valence-electron chi connectivity index (χ2n) is 6.55. The Labute approximate surface area is 159 Å². The smallest absolute Gasteiger partial charge is 0.225 e. The zero-order valence-corrected chi connectivity index (χ0v) is 16.0. The lowest BCUT2D eigenvalue weighted by atomic mass is 10.0. The number of carbonyl (C=O) groups is 2. The Bertz CT molecular complexity index is 955. The fraction of sp³-hybridized carbons (Fsp3) is 0.300. The van der Waals surface area contributed by atoms with Gasteiger partial charge in [-0.3, -0.25) is 9.59 Å². The first kappa shape index (κ1) is 19.1. The predicted molar refractivity (Wildman–Crippen MR) is 105 cm³/mol. The molecule has 0 bridgehead atoms. The van der Waals surface area contributed by atoms with E-state index in [4.69, 9.17) is 0 Å². The summed E-state index contributed by atoms with van der Waals surface area (Å²) in [6.07, 6.45) is 1.42. The molecule has 1 N–H and O–H groups in total. The molecule has 1 aliphatic heterocycles. The summed E-state index contributed by atoms with van der Waals surface area (Å²) in [5.74, 6) is -0.657. The number of carbonyl (C=O) groups excluding carboxylic acids is 2. The number of fused-ring (bicyclic) bond motifs is 1. The minimum Gasteiger partial charge on any atom is -0.326 e. The zero-order valence-electron chi connectivity index (χ0n) is 15.1. The first-order valence-electron chi connectivity index (χ1n) is 8.85. The zero-order chi connectivity index (χ0) is 19.4. The summed E-state index contributed by atoms with van der Waals surface area (Å²) in [4.78, 5) is 25.6. The topological polar surface area (TPSA) is 83.6 Å². The van der Waals surface area contributed by atoms with Gasteiger partial charge in [-0.15, -0.1) is 0 Å². The highest BCUT2D eigenvalue weighted by atomic mass is 32.2. The summed E-state index contributed by atoms with van der Waals surface area (Å²) in [6, 6.07) is 13.8. The van der Waals surface area contributed by atoms with Crippen LogP contribution in [0.2, 0.25) is 0 Å². The second kappa shape index (κ2) is 7.92. The van der Waals surface area contributed by atoms with Crippen molar-refractivity contribution in [3.05, 3.63) is 54.1 Å². The highest BCUT2D eigenvalue weighted by Crippen LogP contribution is 2.30. The maximum Gasteiger partial charge on any atom is 0.225 e. The highest BCUT2D eigenvalue weighted by molar-refractivity contribution is 7.91. The Morgan fingerprint density at radius 3 is 2.56 bits per heavy atom. The Morgan fingerprint density at radius 1 is 1.11 bits per heavy atom. The fourth-order valence-corrected chi connectivity index (χ4v) is 4.47. The first-order chi connectivity index (χ1) is 12.9. The SMILES string of the molecule is CC(=O)N1CCCc2cc(S(=O)(=O)CCC(=O)Nc3ccccc3)ccc21. The Hall–Kier alpha value is -2.67. The molecule has 0 atom stereocenters. The lowest BCUT2D eigenvalue weighted by Crippen LogP contribution is -2.33. The van der Waals surface area contributed by atoms with E-state index in [9.17, 15) is 18.0 Å². The van der Waals surface area contributed by atoms with E-state index in [1.165, 1.54) is 13.0 Å². The summed E-state index contributed by atoms with van der Waals surface area (Å²) in [7, 11) is -3.58. The summed E-state index contributed by atoms with van der Waals surface area (Å²) in [5.41, 5.74) is 2.26. The summed E-state index contributed by atoms with van der Waals surface area (Å²) < 4.78 is 25.3. The molecule has 0 saturated carbocycles. The highest BCUT2D eigenvalue weighted by Gasteiger charge is 2.23. The van der Waals surface area contributed by atoms with Gasteiger partial charge in [0, 0.05) is 31.3 Å². The molecule has 0 fully saturated rings. The van der Waals surface area contributed by atoms with E-state index in [-0.39, 0.29) is 28.9 Å². The molecule has 142 valence electrons. The van der Waals surface area contributed by atoms with Crippen LogP contribution in [0.3, 0.4) is 0 Å². The third kappa shape index (κ3) is 4.54. The predicted octanol–water partition coefficient (Wildman–Crippen LogP) is 2.79. The van der Waals surface area contributed by atoms with Gasteiger partial charge in [0.15, 0.2) is 9.84 Å². The number of benzene rings is 2. The number of para-hydroxylation sites is 1. The van der Waals surface area contributed by atoms with Crippen molar-refractivity contribution in [1.82, 2.24) is 0 Å². The molecular formula is C20H22N2O4S. The molecule has 6 nitrogen and oxygen atoms in total. The van der Waals surface area contributed by atoms with E-state index in [0.717, 1.165) is 24.1 Å². The number of hydrogen-bond donors (Lipinski definition) is 1. The van der Waals surface area contributed by atoms with Crippen LogP contribution in [0.1, 0.15) is 25.3 Å². The van der Waals surface area contributed by atoms with Crippen molar-refractivity contribution in [2.24, 2.45) is 0 Å². The van der Waals surface area contributed by atoms with Crippen LogP contribution in [0.15, 0.2) is 53.4 Å². The van der Waals surface area contributed by atoms with E-state index in [1.54, 1.807) is 41.3 Å². The van der Waals surface area contributed by atoms with Crippen molar-refractivity contribution in [2.75, 3.05) is 22.5 Å². The molecule has 27 heavy (non-hydrogen) atoms. The Morgan fingerprint density at radius 2 is 1.85 bits per heavy atom. The molecule has 0 aliphatic carbocycles. The van der Waals surface area contributed by atoms with Gasteiger partial charge < -0.3 is 10.2 Å². The lowest BCUT2D eigenvalue weighted by Gasteiger charge is -2.28. The molecule has 0 unspecified atom stereocenters. The number of rotatable bonds is 5. The number of nitrogens with one attached hydrogen (secondary N) is 1. The molecular weight excluding hydrogens is 364 g/mol. The monoisotopic (exact) mass is 386 g/mol. The average molecular weight is 386 g/mol. The molecule has 2 aromatic rings. The molecule has 2 aromatic carbocycles. The van der Waals surface area contributed by atoms with Crippen molar-refractivity contribution in [2.45, 2.75) is 31.1 Å². The molecule has 0 radical (unpaired) electrons. The van der Waals surface area contributed by atoms with Crippen molar-refractivity contribution >= 4 is 33.0 Å². The molecule has 0 saturated heterocycles. The molecule has 7 heteroatoms. The summed E-state index contributed by atoms with van der Waals surface area (Å²) in [6.45, 7) is 2.15. The molecule has 0 spiro atoms. The number of sulfone groups is 1. The maximum absolute atomic E-state index is 12.6. The minimum absolute atomic E-state index is 0.0517. The average Bonchev–Trinajstić information content (AvgIpc) is 2.66. The van der Waals surface area contributed by atoms with Gasteiger partial charge in [0.05, 0.1) is 10.6 Å². The maximum atomic E-state index is 12.6. The van der Waals surface area contributed by atoms with E-state index < -0.39 is 9.84 Å². The fourth-order valence-electron chi connectivity index (χ4n) is 3.18. The van der Waals surface area contributed by atoms with Crippen LogP contribution in [0.4, 0.5) is 11.4 Å². The van der Waals surface area contributed by atoms with Crippen LogP contribution in [0.5, 0.6) is 0 Å². The minimum atomic E-state index is -3.58. The molecule has 1 heterocycles. The molecule has 1 aliphatic rings. The quantitative estimate of drug-likeness (QED) is 0.856. The van der Waals surface area contributed by atoms with Gasteiger partial charge in [0.25, 0.3) is 0 Å². The molecule has 0 aromatic heterocycles.